The van der Waals surface area contributed by atoms with Crippen molar-refractivity contribution in [3.63, 3.8) is 0 Å². The molecule has 1 heterocycles. The van der Waals surface area contributed by atoms with Crippen LogP contribution in [0.15, 0.2) is 52.4 Å². The molecule has 2 aromatic carbocycles. The molecule has 0 saturated carbocycles. The summed E-state index contributed by atoms with van der Waals surface area (Å²) in [6, 6.07) is 12.1. The minimum atomic E-state index is -3.25. The first-order chi connectivity index (χ1) is 11.4. The minimum absolute atomic E-state index is 0.159. The van der Waals surface area contributed by atoms with Gasteiger partial charge in [0.15, 0.2) is 9.84 Å². The summed E-state index contributed by atoms with van der Waals surface area (Å²) in [5, 5.41) is 5.77. The number of rotatable bonds is 3. The first-order valence-corrected chi connectivity index (χ1v) is 9.25. The number of fused-ring (bicyclic) bond motifs is 1. The molecule has 6 nitrogen and oxygen atoms in total. The average Bonchev–Trinajstić information content (AvgIpc) is 2.94. The lowest BCUT2D eigenvalue weighted by molar-refractivity contribution is 0.0963. The van der Waals surface area contributed by atoms with Crippen LogP contribution in [-0.4, -0.2) is 33.5 Å². The van der Waals surface area contributed by atoms with Crippen LogP contribution in [0.25, 0.3) is 0 Å². The van der Waals surface area contributed by atoms with Crippen molar-refractivity contribution in [1.82, 2.24) is 5.32 Å². The van der Waals surface area contributed by atoms with Crippen LogP contribution < -0.4 is 10.6 Å². The molecule has 0 bridgehead atoms. The number of amides is 1. The zero-order valence-corrected chi connectivity index (χ0v) is 14.1. The van der Waals surface area contributed by atoms with E-state index in [0.29, 0.717) is 23.5 Å². The van der Waals surface area contributed by atoms with E-state index in [1.807, 2.05) is 6.07 Å². The van der Waals surface area contributed by atoms with Gasteiger partial charge in [0.1, 0.15) is 5.84 Å². The van der Waals surface area contributed by atoms with Crippen LogP contribution in [0.3, 0.4) is 0 Å². The molecule has 0 spiro atoms. The van der Waals surface area contributed by atoms with Crippen molar-refractivity contribution in [3.8, 4) is 0 Å². The Balaban J connectivity index is 1.83. The molecule has 0 aliphatic carbocycles. The molecule has 0 radical (unpaired) electrons. The van der Waals surface area contributed by atoms with E-state index < -0.39 is 9.84 Å². The Morgan fingerprint density at radius 3 is 2.67 bits per heavy atom. The Bertz CT molecular complexity index is 949. The molecule has 24 heavy (non-hydrogen) atoms. The molecule has 3 rings (SSSR count). The molecule has 0 saturated heterocycles. The highest BCUT2D eigenvalue weighted by Crippen LogP contribution is 2.29. The van der Waals surface area contributed by atoms with E-state index in [0.717, 1.165) is 11.3 Å². The highest BCUT2D eigenvalue weighted by molar-refractivity contribution is 7.90. The van der Waals surface area contributed by atoms with Gasteiger partial charge in [-0.05, 0) is 35.9 Å². The summed E-state index contributed by atoms with van der Waals surface area (Å²) in [6.45, 7) is 0. The second-order valence-electron chi connectivity index (χ2n) is 5.58. The van der Waals surface area contributed by atoms with Gasteiger partial charge in [-0.25, -0.2) is 13.4 Å². The van der Waals surface area contributed by atoms with Crippen molar-refractivity contribution in [2.75, 3.05) is 18.6 Å². The fourth-order valence-electron chi connectivity index (χ4n) is 2.51. The van der Waals surface area contributed by atoms with E-state index in [-0.39, 0.29) is 10.8 Å². The SMILES string of the molecule is CNC(=O)c1cccc(NC2=Nc3cc(S(C)(=O)=O)ccc3C2)c1. The van der Waals surface area contributed by atoms with Crippen LogP contribution in [0, 0.1) is 0 Å². The molecular formula is C17H17N3O3S. The van der Waals surface area contributed by atoms with Crippen molar-refractivity contribution in [2.45, 2.75) is 11.3 Å². The van der Waals surface area contributed by atoms with Crippen molar-refractivity contribution >= 4 is 33.0 Å². The van der Waals surface area contributed by atoms with Crippen LogP contribution in [0.4, 0.5) is 11.4 Å². The Hall–Kier alpha value is -2.67. The number of carbonyl (C=O) groups is 1. The van der Waals surface area contributed by atoms with Gasteiger partial charge in [0.2, 0.25) is 0 Å². The lowest BCUT2D eigenvalue weighted by atomic mass is 10.1. The van der Waals surface area contributed by atoms with Crippen molar-refractivity contribution in [3.05, 3.63) is 53.6 Å². The number of sulfone groups is 1. The number of nitrogens with one attached hydrogen (secondary N) is 2. The fourth-order valence-corrected chi connectivity index (χ4v) is 3.16. The fraction of sp³-hybridized carbons (Fsp3) is 0.176. The summed E-state index contributed by atoms with van der Waals surface area (Å²) in [6.07, 6.45) is 1.76. The maximum atomic E-state index is 11.7. The molecule has 7 heteroatoms. The molecular weight excluding hydrogens is 326 g/mol. The minimum Gasteiger partial charge on any atom is -0.355 e. The Morgan fingerprint density at radius 2 is 1.96 bits per heavy atom. The lowest BCUT2D eigenvalue weighted by Crippen LogP contribution is -2.18. The Labute approximate surface area is 140 Å². The van der Waals surface area contributed by atoms with Gasteiger partial charge >= 0.3 is 0 Å². The number of anilines is 1. The van der Waals surface area contributed by atoms with E-state index >= 15 is 0 Å². The first-order valence-electron chi connectivity index (χ1n) is 7.36. The molecule has 1 amide bonds. The van der Waals surface area contributed by atoms with Crippen LogP contribution in [0.2, 0.25) is 0 Å². The maximum Gasteiger partial charge on any atom is 0.251 e. The van der Waals surface area contributed by atoms with Crippen LogP contribution in [0.5, 0.6) is 0 Å². The van der Waals surface area contributed by atoms with Gasteiger partial charge in [0.05, 0.1) is 10.6 Å². The van der Waals surface area contributed by atoms with Crippen molar-refractivity contribution in [2.24, 2.45) is 4.99 Å². The van der Waals surface area contributed by atoms with E-state index in [2.05, 4.69) is 15.6 Å². The highest BCUT2D eigenvalue weighted by atomic mass is 32.2. The van der Waals surface area contributed by atoms with E-state index in [1.54, 1.807) is 43.4 Å². The molecule has 1 aliphatic rings. The maximum absolute atomic E-state index is 11.7. The number of amidine groups is 1. The van der Waals surface area contributed by atoms with E-state index in [9.17, 15) is 13.2 Å². The molecule has 0 unspecified atom stereocenters. The first kappa shape index (κ1) is 16.2. The normalized spacial score (nSPS) is 13.2. The molecule has 0 fully saturated rings. The molecule has 2 aromatic rings. The summed E-state index contributed by atoms with van der Waals surface area (Å²) in [4.78, 5) is 16.4. The summed E-state index contributed by atoms with van der Waals surface area (Å²) < 4.78 is 23.3. The largest absolute Gasteiger partial charge is 0.355 e. The number of aliphatic imine (C=N–C) groups is 1. The third kappa shape index (κ3) is 3.30. The number of nitrogens with zero attached hydrogens (tertiary/aromatic N) is 1. The average molecular weight is 343 g/mol. The predicted octanol–water partition coefficient (Wildman–Crippen LogP) is 2.15. The predicted molar refractivity (Wildman–Crippen MR) is 93.8 cm³/mol. The summed E-state index contributed by atoms with van der Waals surface area (Å²) in [5.41, 5.74) is 2.93. The number of carbonyl (C=O) groups excluding carboxylic acids is 1. The summed E-state index contributed by atoms with van der Waals surface area (Å²) >= 11 is 0. The monoisotopic (exact) mass is 343 g/mol. The second kappa shape index (κ2) is 6.09. The summed E-state index contributed by atoms with van der Waals surface area (Å²) in [7, 11) is -1.67. The Morgan fingerprint density at radius 1 is 1.17 bits per heavy atom. The second-order valence-corrected chi connectivity index (χ2v) is 7.60. The van der Waals surface area contributed by atoms with E-state index in [4.69, 9.17) is 0 Å². The summed E-state index contributed by atoms with van der Waals surface area (Å²) in [5.74, 6) is 0.554. The molecule has 2 N–H and O–H groups in total. The van der Waals surface area contributed by atoms with Crippen LogP contribution in [0.1, 0.15) is 15.9 Å². The number of benzene rings is 2. The van der Waals surface area contributed by atoms with Crippen molar-refractivity contribution in [1.29, 1.82) is 0 Å². The van der Waals surface area contributed by atoms with Crippen LogP contribution >= 0.6 is 0 Å². The quantitative estimate of drug-likeness (QED) is 0.894. The standard InChI is InChI=1S/C17H17N3O3S/c1-18-17(21)12-4-3-5-13(8-12)19-16-9-11-6-7-14(24(2,22)23)10-15(11)20-16/h3-8,10H,9H2,1-2H3,(H,18,21)(H,19,20). The zero-order valence-electron chi connectivity index (χ0n) is 13.3. The third-order valence-electron chi connectivity index (χ3n) is 3.74. The van der Waals surface area contributed by atoms with Crippen molar-refractivity contribution < 1.29 is 13.2 Å². The van der Waals surface area contributed by atoms with E-state index in [1.165, 1.54) is 6.26 Å². The van der Waals surface area contributed by atoms with Gasteiger partial charge < -0.3 is 10.6 Å². The van der Waals surface area contributed by atoms with Gasteiger partial charge in [-0.2, -0.15) is 0 Å². The van der Waals surface area contributed by atoms with Gasteiger partial charge in [-0.1, -0.05) is 12.1 Å². The molecule has 0 atom stereocenters. The number of hydrogen-bond acceptors (Lipinski definition) is 5. The smallest absolute Gasteiger partial charge is 0.251 e. The molecule has 124 valence electrons. The van der Waals surface area contributed by atoms with Gasteiger partial charge in [0.25, 0.3) is 5.91 Å². The Kier molecular flexibility index (Phi) is 4.11. The van der Waals surface area contributed by atoms with Gasteiger partial charge in [-0.15, -0.1) is 0 Å². The topological polar surface area (TPSA) is 87.6 Å². The molecule has 1 aliphatic heterocycles. The lowest BCUT2D eigenvalue weighted by Gasteiger charge is -2.07. The zero-order chi connectivity index (χ0) is 17.3. The number of hydrogen-bond donors (Lipinski definition) is 2. The van der Waals surface area contributed by atoms with Crippen LogP contribution in [-0.2, 0) is 16.3 Å². The van der Waals surface area contributed by atoms with Gasteiger partial charge in [-0.3, -0.25) is 4.79 Å². The molecule has 0 aromatic heterocycles. The highest BCUT2D eigenvalue weighted by Gasteiger charge is 2.18. The third-order valence-corrected chi connectivity index (χ3v) is 4.85. The van der Waals surface area contributed by atoms with Gasteiger partial charge in [0, 0.05) is 31.0 Å².